The Labute approximate surface area is 130 Å². The van der Waals surface area contributed by atoms with Crippen LogP contribution in [-0.4, -0.2) is 26.8 Å². The van der Waals surface area contributed by atoms with Crippen molar-refractivity contribution in [1.82, 2.24) is 14.8 Å². The molecule has 6 nitrogen and oxygen atoms in total. The minimum absolute atomic E-state index is 0.109. The molecule has 2 aromatic heterocycles. The van der Waals surface area contributed by atoms with E-state index in [1.807, 2.05) is 0 Å². The van der Waals surface area contributed by atoms with Gasteiger partial charge in [0, 0.05) is 18.2 Å². The lowest BCUT2D eigenvalue weighted by Gasteiger charge is -2.25. The Hall–Kier alpha value is -2.35. The molecular weight excluding hydrogens is 306 g/mol. The number of carbonyl (C=O) groups is 1. The van der Waals surface area contributed by atoms with Gasteiger partial charge in [-0.05, 0) is 30.0 Å². The van der Waals surface area contributed by atoms with Crippen molar-refractivity contribution in [3.05, 3.63) is 35.4 Å². The second kappa shape index (κ2) is 5.09. The van der Waals surface area contributed by atoms with Crippen LogP contribution in [-0.2, 0) is 11.2 Å². The number of carbonyl (C=O) groups excluding carboxylic acids is 1. The molecule has 2 N–H and O–H groups in total. The van der Waals surface area contributed by atoms with Gasteiger partial charge in [-0.1, -0.05) is 0 Å². The number of primary amides is 1. The highest BCUT2D eigenvalue weighted by molar-refractivity contribution is 5.92. The Balaban J connectivity index is 1.89. The predicted molar refractivity (Wildman–Crippen MR) is 75.8 cm³/mol. The second-order valence-corrected chi connectivity index (χ2v) is 5.80. The third-order valence-corrected chi connectivity index (χ3v) is 4.37. The third-order valence-electron chi connectivity index (χ3n) is 4.37. The summed E-state index contributed by atoms with van der Waals surface area (Å²) in [6.45, 7) is -2.71. The molecule has 0 radical (unpaired) electrons. The highest BCUT2D eigenvalue weighted by atomic mass is 19.3. The third kappa shape index (κ3) is 2.29. The van der Waals surface area contributed by atoms with Gasteiger partial charge in [-0.2, -0.15) is 13.9 Å². The first-order valence-electron chi connectivity index (χ1n) is 7.34. The molecule has 1 fully saturated rings. The summed E-state index contributed by atoms with van der Waals surface area (Å²) in [6, 6.07) is 1.55. The van der Waals surface area contributed by atoms with Crippen LogP contribution < -0.4 is 5.73 Å². The van der Waals surface area contributed by atoms with Gasteiger partial charge in [0.15, 0.2) is 0 Å². The van der Waals surface area contributed by atoms with Gasteiger partial charge < -0.3 is 10.5 Å². The number of rotatable bonds is 3. The maximum atomic E-state index is 12.8. The smallest absolute Gasteiger partial charge is 0.333 e. The number of nitrogens with zero attached hydrogens (tertiary/aromatic N) is 3. The second-order valence-electron chi connectivity index (χ2n) is 5.80. The molecule has 0 saturated carbocycles. The van der Waals surface area contributed by atoms with Crippen LogP contribution in [0.4, 0.5) is 8.78 Å². The van der Waals surface area contributed by atoms with E-state index in [0.717, 1.165) is 18.4 Å². The number of hydrogen-bond donors (Lipinski definition) is 1. The van der Waals surface area contributed by atoms with E-state index >= 15 is 0 Å². The maximum Gasteiger partial charge on any atom is 0.333 e. The van der Waals surface area contributed by atoms with Crippen molar-refractivity contribution >= 4 is 5.91 Å². The maximum absolute atomic E-state index is 12.8. The molecule has 2 aliphatic rings. The van der Waals surface area contributed by atoms with E-state index in [4.69, 9.17) is 10.5 Å². The van der Waals surface area contributed by atoms with Crippen LogP contribution in [0.3, 0.4) is 0 Å². The molecule has 1 amide bonds. The lowest BCUT2D eigenvalue weighted by atomic mass is 9.94. The lowest BCUT2D eigenvalue weighted by Crippen LogP contribution is -2.23. The van der Waals surface area contributed by atoms with Crippen molar-refractivity contribution in [2.24, 2.45) is 5.73 Å². The molecule has 120 valence electrons. The Bertz CT molecular complexity index is 790. The van der Waals surface area contributed by atoms with Crippen LogP contribution in [0.15, 0.2) is 18.5 Å². The van der Waals surface area contributed by atoms with E-state index in [9.17, 15) is 13.6 Å². The number of aromatic nitrogens is 3. The fourth-order valence-electron chi connectivity index (χ4n) is 3.32. The number of alkyl halides is 2. The van der Waals surface area contributed by atoms with Gasteiger partial charge >= 0.3 is 6.55 Å². The van der Waals surface area contributed by atoms with Gasteiger partial charge in [0.2, 0.25) is 0 Å². The van der Waals surface area contributed by atoms with Crippen LogP contribution in [0.5, 0.6) is 0 Å². The average molecular weight is 320 g/mol. The Morgan fingerprint density at radius 3 is 2.96 bits per heavy atom. The monoisotopic (exact) mass is 320 g/mol. The molecule has 0 aliphatic carbocycles. The van der Waals surface area contributed by atoms with E-state index in [1.165, 1.54) is 12.4 Å². The highest BCUT2D eigenvalue weighted by Crippen LogP contribution is 2.43. The fraction of sp³-hybridized carbons (Fsp3) is 0.400. The number of fused-ring (bicyclic) bond motifs is 4. The summed E-state index contributed by atoms with van der Waals surface area (Å²) in [6.07, 6.45) is 4.98. The molecule has 4 rings (SSSR count). The first-order valence-corrected chi connectivity index (χ1v) is 7.34. The van der Waals surface area contributed by atoms with Gasteiger partial charge in [0.05, 0.1) is 18.0 Å². The minimum atomic E-state index is -2.71. The molecule has 23 heavy (non-hydrogen) atoms. The average Bonchev–Trinajstić information content (AvgIpc) is 3.14. The standard InChI is InChI=1S/C15H14F2N4O2/c16-15(17)21-6-7(5-19-21)9-4-11(14(18)22)20-13-10(9)3-8-1-2-12(13)23-8/h4-6,8,12,15H,1-3H2,(H2,18,22)/t8?,12-/m0/s1. The van der Waals surface area contributed by atoms with Gasteiger partial charge in [-0.15, -0.1) is 0 Å². The zero-order valence-electron chi connectivity index (χ0n) is 12.1. The number of amides is 1. The largest absolute Gasteiger partial charge is 0.368 e. The van der Waals surface area contributed by atoms with Gasteiger partial charge in [0.25, 0.3) is 5.91 Å². The van der Waals surface area contributed by atoms with E-state index in [0.29, 0.717) is 27.9 Å². The van der Waals surface area contributed by atoms with E-state index in [2.05, 4.69) is 10.1 Å². The molecule has 2 aromatic rings. The first kappa shape index (κ1) is 14.3. The van der Waals surface area contributed by atoms with Gasteiger partial charge in [-0.3, -0.25) is 4.79 Å². The summed E-state index contributed by atoms with van der Waals surface area (Å²) in [5, 5.41) is 3.67. The number of nitrogens with two attached hydrogens (primary N) is 1. The number of hydrogen-bond acceptors (Lipinski definition) is 4. The molecule has 4 heterocycles. The Kier molecular flexibility index (Phi) is 3.15. The van der Waals surface area contributed by atoms with Crippen molar-refractivity contribution in [3.8, 4) is 11.1 Å². The molecule has 0 spiro atoms. The van der Waals surface area contributed by atoms with Crippen molar-refractivity contribution in [2.45, 2.75) is 38.0 Å². The zero-order valence-corrected chi connectivity index (χ0v) is 12.1. The number of halogens is 2. The Morgan fingerprint density at radius 2 is 2.26 bits per heavy atom. The van der Waals surface area contributed by atoms with Gasteiger partial charge in [0.1, 0.15) is 11.8 Å². The highest BCUT2D eigenvalue weighted by Gasteiger charge is 2.37. The number of ether oxygens (including phenoxy) is 1. The first-order chi connectivity index (χ1) is 11.0. The molecule has 2 aliphatic heterocycles. The molecule has 1 saturated heterocycles. The molecule has 1 unspecified atom stereocenters. The summed E-state index contributed by atoms with van der Waals surface area (Å²) < 4.78 is 32.0. The minimum Gasteiger partial charge on any atom is -0.368 e. The molecule has 2 atom stereocenters. The van der Waals surface area contributed by atoms with Crippen LogP contribution >= 0.6 is 0 Å². The molecule has 8 heteroatoms. The van der Waals surface area contributed by atoms with Crippen molar-refractivity contribution in [2.75, 3.05) is 0 Å². The van der Waals surface area contributed by atoms with Crippen molar-refractivity contribution < 1.29 is 18.3 Å². The summed E-state index contributed by atoms with van der Waals surface area (Å²) in [4.78, 5) is 15.9. The van der Waals surface area contributed by atoms with Crippen LogP contribution in [0, 0.1) is 0 Å². The predicted octanol–water partition coefficient (Wildman–Crippen LogP) is 2.22. The SMILES string of the molecule is NC(=O)c1cc(-c2cnn(C(F)F)c2)c2c(n1)[C@@H]1CCC(C2)O1. The normalized spacial score (nSPS) is 22.4. The van der Waals surface area contributed by atoms with Crippen LogP contribution in [0.2, 0.25) is 0 Å². The van der Waals surface area contributed by atoms with Gasteiger partial charge in [-0.25, -0.2) is 9.67 Å². The van der Waals surface area contributed by atoms with E-state index in [1.54, 1.807) is 6.07 Å². The van der Waals surface area contributed by atoms with Crippen molar-refractivity contribution in [1.29, 1.82) is 0 Å². The number of pyridine rings is 1. The molecular formula is C15H14F2N4O2. The zero-order chi connectivity index (χ0) is 16.1. The molecule has 2 bridgehead atoms. The summed E-state index contributed by atoms with van der Waals surface area (Å²) in [5.74, 6) is -0.657. The molecule has 0 aromatic carbocycles. The quantitative estimate of drug-likeness (QED) is 0.940. The topological polar surface area (TPSA) is 83.0 Å². The summed E-state index contributed by atoms with van der Waals surface area (Å²) in [7, 11) is 0. The van der Waals surface area contributed by atoms with Crippen molar-refractivity contribution in [3.63, 3.8) is 0 Å². The summed E-state index contributed by atoms with van der Waals surface area (Å²) >= 11 is 0. The lowest BCUT2D eigenvalue weighted by molar-refractivity contribution is 0.0295. The summed E-state index contributed by atoms with van der Waals surface area (Å²) in [5.41, 5.74) is 8.29. The van der Waals surface area contributed by atoms with Crippen LogP contribution in [0.1, 0.15) is 47.2 Å². The Morgan fingerprint density at radius 1 is 1.43 bits per heavy atom. The fourth-order valence-corrected chi connectivity index (χ4v) is 3.32. The van der Waals surface area contributed by atoms with Crippen LogP contribution in [0.25, 0.3) is 11.1 Å². The van der Waals surface area contributed by atoms with E-state index < -0.39 is 12.5 Å². The van der Waals surface area contributed by atoms with E-state index in [-0.39, 0.29) is 17.9 Å².